The molecular formula is C5H6N6O. The second-order valence-electron chi connectivity index (χ2n) is 2.07. The quantitative estimate of drug-likeness (QED) is 0.655. The predicted octanol–water partition coefficient (Wildman–Crippen LogP) is -0.200. The van der Waals surface area contributed by atoms with Crippen LogP contribution in [0.15, 0.2) is 16.8 Å². The van der Waals surface area contributed by atoms with Crippen LogP contribution in [-0.4, -0.2) is 25.8 Å². The average molecular weight is 166 g/mol. The molecule has 0 aliphatic carbocycles. The summed E-state index contributed by atoms with van der Waals surface area (Å²) in [6.45, 7) is 0.500. The van der Waals surface area contributed by atoms with Gasteiger partial charge in [0.15, 0.2) is 5.76 Å². The van der Waals surface area contributed by atoms with E-state index >= 15 is 0 Å². The van der Waals surface area contributed by atoms with Gasteiger partial charge in [-0.2, -0.15) is 5.21 Å². The summed E-state index contributed by atoms with van der Waals surface area (Å²) in [7, 11) is 0. The van der Waals surface area contributed by atoms with Crippen LogP contribution in [0.5, 0.6) is 0 Å². The summed E-state index contributed by atoms with van der Waals surface area (Å²) in [6, 6.07) is 1.76. The molecule has 2 N–H and O–H groups in total. The Bertz CT molecular complexity index is 279. The second-order valence-corrected chi connectivity index (χ2v) is 2.07. The van der Waals surface area contributed by atoms with Gasteiger partial charge < -0.3 is 9.84 Å². The molecule has 2 aromatic rings. The Morgan fingerprint density at radius 1 is 1.58 bits per heavy atom. The van der Waals surface area contributed by atoms with E-state index in [0.717, 1.165) is 5.76 Å². The summed E-state index contributed by atoms with van der Waals surface area (Å²) in [5.74, 6) is 1.16. The Balaban J connectivity index is 1.91. The molecule has 7 heteroatoms. The van der Waals surface area contributed by atoms with Gasteiger partial charge >= 0.3 is 0 Å². The fourth-order valence-corrected chi connectivity index (χ4v) is 0.736. The number of tetrazole rings is 1. The van der Waals surface area contributed by atoms with Crippen molar-refractivity contribution < 1.29 is 4.52 Å². The maximum atomic E-state index is 4.83. The number of nitrogens with zero attached hydrogens (tertiary/aromatic N) is 4. The van der Waals surface area contributed by atoms with Gasteiger partial charge in [0, 0.05) is 6.07 Å². The number of aromatic amines is 1. The molecule has 0 saturated carbocycles. The van der Waals surface area contributed by atoms with Crippen LogP contribution >= 0.6 is 0 Å². The van der Waals surface area contributed by atoms with Gasteiger partial charge in [0.2, 0.25) is 0 Å². The van der Waals surface area contributed by atoms with Crippen molar-refractivity contribution in [2.75, 3.05) is 5.32 Å². The SMILES string of the molecule is c1cc(CNc2nn[nH]n2)on1. The molecule has 0 bridgehead atoms. The first-order valence-electron chi connectivity index (χ1n) is 3.32. The van der Waals surface area contributed by atoms with Crippen LogP contribution in [0.4, 0.5) is 5.95 Å². The molecule has 0 fully saturated rings. The molecule has 0 aromatic carbocycles. The lowest BCUT2D eigenvalue weighted by molar-refractivity contribution is 0.388. The molecule has 0 aliphatic rings. The highest BCUT2D eigenvalue weighted by Crippen LogP contribution is 1.99. The summed E-state index contributed by atoms with van der Waals surface area (Å²) < 4.78 is 4.83. The van der Waals surface area contributed by atoms with Gasteiger partial charge in [0.1, 0.15) is 0 Å². The lowest BCUT2D eigenvalue weighted by Gasteiger charge is -1.93. The molecule has 0 atom stereocenters. The largest absolute Gasteiger partial charge is 0.360 e. The first-order valence-corrected chi connectivity index (χ1v) is 3.32. The van der Waals surface area contributed by atoms with Crippen LogP contribution in [-0.2, 0) is 6.54 Å². The van der Waals surface area contributed by atoms with Crippen molar-refractivity contribution >= 4 is 5.95 Å². The Morgan fingerprint density at radius 3 is 3.25 bits per heavy atom. The minimum absolute atomic E-state index is 0.436. The number of hydrogen-bond acceptors (Lipinski definition) is 6. The number of rotatable bonds is 3. The van der Waals surface area contributed by atoms with E-state index in [9.17, 15) is 0 Å². The van der Waals surface area contributed by atoms with Gasteiger partial charge in [0.25, 0.3) is 5.95 Å². The van der Waals surface area contributed by atoms with E-state index in [4.69, 9.17) is 4.52 Å². The third kappa shape index (κ3) is 1.39. The van der Waals surface area contributed by atoms with E-state index in [2.05, 4.69) is 31.1 Å². The summed E-state index contributed by atoms with van der Waals surface area (Å²) in [4.78, 5) is 0. The Kier molecular flexibility index (Phi) is 1.69. The zero-order valence-electron chi connectivity index (χ0n) is 6.06. The van der Waals surface area contributed by atoms with Gasteiger partial charge in [0.05, 0.1) is 12.7 Å². The van der Waals surface area contributed by atoms with Gasteiger partial charge in [-0.1, -0.05) is 10.3 Å². The molecule has 12 heavy (non-hydrogen) atoms. The molecule has 2 heterocycles. The van der Waals surface area contributed by atoms with Crippen molar-refractivity contribution in [1.29, 1.82) is 0 Å². The monoisotopic (exact) mass is 166 g/mol. The van der Waals surface area contributed by atoms with Gasteiger partial charge in [-0.25, -0.2) is 0 Å². The number of hydrogen-bond donors (Lipinski definition) is 2. The van der Waals surface area contributed by atoms with Gasteiger partial charge in [-0.3, -0.25) is 0 Å². The molecule has 0 saturated heterocycles. The fourth-order valence-electron chi connectivity index (χ4n) is 0.736. The summed E-state index contributed by atoms with van der Waals surface area (Å²) in [6.07, 6.45) is 1.58. The standard InChI is InChI=1S/C5H6N6O/c1-2-7-12-4(1)3-6-5-8-10-11-9-5/h1-2H,3H2,(H2,6,8,9,10,11). The van der Waals surface area contributed by atoms with Crippen LogP contribution in [0.2, 0.25) is 0 Å². The van der Waals surface area contributed by atoms with Gasteiger partial charge in [-0.05, 0) is 5.21 Å². The van der Waals surface area contributed by atoms with Crippen molar-refractivity contribution in [3.8, 4) is 0 Å². The lowest BCUT2D eigenvalue weighted by atomic mass is 10.5. The smallest absolute Gasteiger partial charge is 0.263 e. The van der Waals surface area contributed by atoms with Crippen LogP contribution in [0, 0.1) is 0 Å². The molecule has 62 valence electrons. The highest BCUT2D eigenvalue weighted by molar-refractivity contribution is 5.19. The normalized spacial score (nSPS) is 10.0. The minimum Gasteiger partial charge on any atom is -0.360 e. The van der Waals surface area contributed by atoms with Crippen LogP contribution in [0.1, 0.15) is 5.76 Å². The van der Waals surface area contributed by atoms with Crippen LogP contribution in [0.3, 0.4) is 0 Å². The first kappa shape index (κ1) is 6.77. The number of aromatic nitrogens is 5. The zero-order valence-corrected chi connectivity index (χ0v) is 6.06. The van der Waals surface area contributed by atoms with Crippen molar-refractivity contribution in [3.05, 3.63) is 18.0 Å². The average Bonchev–Trinajstić information content (AvgIpc) is 2.74. The van der Waals surface area contributed by atoms with Crippen molar-refractivity contribution in [2.45, 2.75) is 6.54 Å². The second kappa shape index (κ2) is 2.99. The molecule has 0 unspecified atom stereocenters. The summed E-state index contributed by atoms with van der Waals surface area (Å²) >= 11 is 0. The van der Waals surface area contributed by atoms with Crippen LogP contribution in [0.25, 0.3) is 0 Å². The van der Waals surface area contributed by atoms with E-state index in [0.29, 0.717) is 12.5 Å². The van der Waals surface area contributed by atoms with Crippen molar-refractivity contribution in [3.63, 3.8) is 0 Å². The van der Waals surface area contributed by atoms with Crippen LogP contribution < -0.4 is 5.32 Å². The summed E-state index contributed by atoms with van der Waals surface area (Å²) in [5.41, 5.74) is 0. The number of anilines is 1. The molecule has 2 rings (SSSR count). The third-order valence-corrected chi connectivity index (χ3v) is 1.26. The Labute approximate surface area is 67.1 Å². The molecular weight excluding hydrogens is 160 g/mol. The van der Waals surface area contributed by atoms with E-state index in [1.54, 1.807) is 12.3 Å². The molecule has 2 aromatic heterocycles. The predicted molar refractivity (Wildman–Crippen MR) is 38.0 cm³/mol. The third-order valence-electron chi connectivity index (χ3n) is 1.26. The molecule has 0 radical (unpaired) electrons. The lowest BCUT2D eigenvalue weighted by Crippen LogP contribution is -1.99. The topological polar surface area (TPSA) is 92.5 Å². The fraction of sp³-hybridized carbons (Fsp3) is 0.200. The van der Waals surface area contributed by atoms with Gasteiger partial charge in [-0.15, -0.1) is 5.10 Å². The van der Waals surface area contributed by atoms with E-state index in [-0.39, 0.29) is 0 Å². The minimum atomic E-state index is 0.436. The zero-order chi connectivity index (χ0) is 8.23. The molecule has 7 nitrogen and oxygen atoms in total. The Hall–Kier alpha value is -1.92. The maximum absolute atomic E-state index is 4.83. The number of nitrogens with one attached hydrogen (secondary N) is 2. The maximum Gasteiger partial charge on any atom is 0.263 e. The van der Waals surface area contributed by atoms with Crippen molar-refractivity contribution in [1.82, 2.24) is 25.8 Å². The highest BCUT2D eigenvalue weighted by Gasteiger charge is 1.98. The first-order chi connectivity index (χ1) is 5.95. The van der Waals surface area contributed by atoms with Crippen molar-refractivity contribution in [2.24, 2.45) is 0 Å². The van der Waals surface area contributed by atoms with E-state index in [1.165, 1.54) is 0 Å². The van der Waals surface area contributed by atoms with E-state index < -0.39 is 0 Å². The molecule has 0 amide bonds. The van der Waals surface area contributed by atoms with E-state index in [1.807, 2.05) is 0 Å². The number of H-pyrrole nitrogens is 1. The Morgan fingerprint density at radius 2 is 2.58 bits per heavy atom. The highest BCUT2D eigenvalue weighted by atomic mass is 16.5. The summed E-state index contributed by atoms with van der Waals surface area (Å²) in [5, 5.41) is 19.5. The molecule has 0 spiro atoms. The molecule has 0 aliphatic heterocycles.